The number of hydrogen-bond acceptors (Lipinski definition) is 4. The number of alkyl halides is 1. The number of methoxy groups -OCH3 is 1. The van der Waals surface area contributed by atoms with Crippen LogP contribution in [0.15, 0.2) is 35.7 Å². The van der Waals surface area contributed by atoms with E-state index in [2.05, 4.69) is 15.9 Å². The first-order chi connectivity index (χ1) is 9.26. The van der Waals surface area contributed by atoms with E-state index < -0.39 is 0 Å². The van der Waals surface area contributed by atoms with Crippen LogP contribution in [-0.4, -0.2) is 25.0 Å². The molecule has 3 nitrogen and oxygen atoms in total. The molecule has 2 rings (SSSR count). The summed E-state index contributed by atoms with van der Waals surface area (Å²) in [6.45, 7) is 0.609. The van der Waals surface area contributed by atoms with Crippen LogP contribution in [0.1, 0.15) is 10.4 Å². The minimum atomic E-state index is -0.317. The smallest absolute Gasteiger partial charge is 0.339 e. The Bertz CT molecular complexity index is 565. The molecule has 19 heavy (non-hydrogen) atoms. The van der Waals surface area contributed by atoms with Crippen molar-refractivity contribution in [1.29, 1.82) is 0 Å². The van der Waals surface area contributed by atoms with Gasteiger partial charge in [0.05, 0.1) is 19.3 Å². The molecular formula is C14H13BrO3S. The third-order valence-corrected chi connectivity index (χ3v) is 3.80. The first-order valence-electron chi connectivity index (χ1n) is 5.71. The highest BCUT2D eigenvalue weighted by atomic mass is 79.9. The zero-order chi connectivity index (χ0) is 13.7. The van der Waals surface area contributed by atoms with E-state index in [0.29, 0.717) is 12.2 Å². The van der Waals surface area contributed by atoms with Crippen molar-refractivity contribution < 1.29 is 14.3 Å². The number of benzene rings is 1. The summed E-state index contributed by atoms with van der Waals surface area (Å²) in [6, 6.07) is 9.48. The maximum absolute atomic E-state index is 11.7. The van der Waals surface area contributed by atoms with E-state index in [1.807, 2.05) is 29.6 Å². The van der Waals surface area contributed by atoms with Crippen LogP contribution in [0, 0.1) is 0 Å². The van der Waals surface area contributed by atoms with Crippen LogP contribution >= 0.6 is 27.3 Å². The van der Waals surface area contributed by atoms with Crippen molar-refractivity contribution in [3.8, 4) is 16.2 Å². The van der Waals surface area contributed by atoms with E-state index in [1.165, 1.54) is 18.4 Å². The van der Waals surface area contributed by atoms with E-state index in [1.54, 1.807) is 6.07 Å². The van der Waals surface area contributed by atoms with E-state index in [9.17, 15) is 4.79 Å². The van der Waals surface area contributed by atoms with Crippen molar-refractivity contribution in [2.24, 2.45) is 0 Å². The third-order valence-electron chi connectivity index (χ3n) is 2.51. The van der Waals surface area contributed by atoms with E-state index in [-0.39, 0.29) is 5.97 Å². The van der Waals surface area contributed by atoms with Crippen molar-refractivity contribution >= 4 is 33.2 Å². The second-order valence-electron chi connectivity index (χ2n) is 3.72. The predicted octanol–water partition coefficient (Wildman–Crippen LogP) is 3.98. The van der Waals surface area contributed by atoms with Crippen molar-refractivity contribution in [1.82, 2.24) is 0 Å². The molecule has 0 N–H and O–H groups in total. The highest BCUT2D eigenvalue weighted by Crippen LogP contribution is 2.32. The number of halogens is 1. The molecule has 0 amide bonds. The molecule has 2 aromatic rings. The molecule has 0 aliphatic rings. The van der Waals surface area contributed by atoms with Gasteiger partial charge in [0, 0.05) is 10.2 Å². The van der Waals surface area contributed by atoms with Crippen molar-refractivity contribution in [3.05, 3.63) is 41.3 Å². The normalized spacial score (nSPS) is 10.2. The molecule has 0 spiro atoms. The average molecular weight is 341 g/mol. The molecule has 1 heterocycles. The molecule has 1 aromatic carbocycles. The Balaban J connectivity index is 2.31. The van der Waals surface area contributed by atoms with Crippen LogP contribution in [0.25, 0.3) is 10.4 Å². The number of carbonyl (C=O) groups excluding carboxylic acids is 1. The highest BCUT2D eigenvalue weighted by Gasteiger charge is 2.14. The summed E-state index contributed by atoms with van der Waals surface area (Å²) in [5.74, 6) is 0.476. The Labute approximate surface area is 124 Å². The Morgan fingerprint density at radius 2 is 2.21 bits per heavy atom. The van der Waals surface area contributed by atoms with E-state index >= 15 is 0 Å². The summed E-state index contributed by atoms with van der Waals surface area (Å²) in [5.41, 5.74) is 1.55. The van der Waals surface area contributed by atoms with E-state index in [4.69, 9.17) is 9.47 Å². The number of esters is 1. The van der Waals surface area contributed by atoms with Crippen LogP contribution in [0.4, 0.5) is 0 Å². The van der Waals surface area contributed by atoms with Gasteiger partial charge >= 0.3 is 5.97 Å². The maximum Gasteiger partial charge on any atom is 0.339 e. The third kappa shape index (κ3) is 3.36. The van der Waals surface area contributed by atoms with Gasteiger partial charge < -0.3 is 9.47 Å². The molecule has 0 bridgehead atoms. The number of ether oxygens (including phenoxy) is 2. The number of carbonyl (C=O) groups is 1. The van der Waals surface area contributed by atoms with Crippen LogP contribution in [-0.2, 0) is 4.74 Å². The fourth-order valence-corrected chi connectivity index (χ4v) is 2.73. The van der Waals surface area contributed by atoms with Gasteiger partial charge in [-0.2, -0.15) is 0 Å². The fourth-order valence-electron chi connectivity index (χ4n) is 1.69. The number of hydrogen-bond donors (Lipinski definition) is 0. The average Bonchev–Trinajstić information content (AvgIpc) is 2.94. The molecule has 0 fully saturated rings. The van der Waals surface area contributed by atoms with E-state index in [0.717, 1.165) is 21.5 Å². The minimum Gasteiger partial charge on any atom is -0.493 e. The zero-order valence-electron chi connectivity index (χ0n) is 10.4. The van der Waals surface area contributed by atoms with Gasteiger partial charge in [-0.3, -0.25) is 0 Å². The van der Waals surface area contributed by atoms with Crippen LogP contribution < -0.4 is 4.74 Å². The lowest BCUT2D eigenvalue weighted by Gasteiger charge is -2.07. The topological polar surface area (TPSA) is 35.5 Å². The van der Waals surface area contributed by atoms with Crippen molar-refractivity contribution in [2.45, 2.75) is 0 Å². The predicted molar refractivity (Wildman–Crippen MR) is 80.4 cm³/mol. The first-order valence-corrected chi connectivity index (χ1v) is 7.71. The molecular weight excluding hydrogens is 328 g/mol. The molecule has 0 aliphatic heterocycles. The Hall–Kier alpha value is -1.33. The van der Waals surface area contributed by atoms with Gasteiger partial charge in [0.2, 0.25) is 0 Å². The second kappa shape index (κ2) is 6.73. The minimum absolute atomic E-state index is 0.317. The monoisotopic (exact) mass is 340 g/mol. The molecule has 0 saturated heterocycles. The summed E-state index contributed by atoms with van der Waals surface area (Å²) in [7, 11) is 1.39. The lowest BCUT2D eigenvalue weighted by Crippen LogP contribution is -2.01. The Morgan fingerprint density at radius 1 is 1.37 bits per heavy atom. The summed E-state index contributed by atoms with van der Waals surface area (Å²) in [6.07, 6.45) is 0. The quantitative estimate of drug-likeness (QED) is 0.610. The summed E-state index contributed by atoms with van der Waals surface area (Å²) < 4.78 is 10.3. The van der Waals surface area contributed by atoms with Gasteiger partial charge in [0.25, 0.3) is 0 Å². The summed E-state index contributed by atoms with van der Waals surface area (Å²) in [5, 5.41) is 2.66. The van der Waals surface area contributed by atoms with Crippen LogP contribution in [0.3, 0.4) is 0 Å². The van der Waals surface area contributed by atoms with Gasteiger partial charge in [-0.25, -0.2) is 4.79 Å². The Kier molecular flexibility index (Phi) is 4.99. The first kappa shape index (κ1) is 14.1. The van der Waals surface area contributed by atoms with Crippen LogP contribution in [0.5, 0.6) is 5.75 Å². The van der Waals surface area contributed by atoms with Gasteiger partial charge in [0.1, 0.15) is 5.75 Å². The van der Waals surface area contributed by atoms with Gasteiger partial charge in [-0.05, 0) is 29.1 Å². The molecule has 1 aromatic heterocycles. The number of thiophene rings is 1. The molecule has 5 heteroatoms. The zero-order valence-corrected chi connectivity index (χ0v) is 12.8. The largest absolute Gasteiger partial charge is 0.493 e. The SMILES string of the molecule is COC(=O)c1ccsc1-c1cccc(OCCBr)c1. The lowest BCUT2D eigenvalue weighted by molar-refractivity contribution is 0.0602. The van der Waals surface area contributed by atoms with Crippen molar-refractivity contribution in [3.63, 3.8) is 0 Å². The van der Waals surface area contributed by atoms with Gasteiger partial charge in [-0.1, -0.05) is 28.1 Å². The standard InChI is InChI=1S/C14H13BrO3S/c1-17-14(16)12-5-8-19-13(12)10-3-2-4-11(9-10)18-7-6-15/h2-5,8-9H,6-7H2,1H3. The summed E-state index contributed by atoms with van der Waals surface area (Å²) >= 11 is 4.83. The van der Waals surface area contributed by atoms with Crippen molar-refractivity contribution in [2.75, 3.05) is 19.0 Å². The number of rotatable bonds is 5. The highest BCUT2D eigenvalue weighted by molar-refractivity contribution is 9.09. The molecule has 0 atom stereocenters. The molecule has 0 saturated carbocycles. The lowest BCUT2D eigenvalue weighted by atomic mass is 10.1. The molecule has 0 aliphatic carbocycles. The maximum atomic E-state index is 11.7. The Morgan fingerprint density at radius 3 is 2.95 bits per heavy atom. The molecule has 0 radical (unpaired) electrons. The van der Waals surface area contributed by atoms with Gasteiger partial charge in [0.15, 0.2) is 0 Å². The van der Waals surface area contributed by atoms with Gasteiger partial charge in [-0.15, -0.1) is 11.3 Å². The van der Waals surface area contributed by atoms with Crippen LogP contribution in [0.2, 0.25) is 0 Å². The second-order valence-corrected chi connectivity index (χ2v) is 5.43. The fraction of sp³-hybridized carbons (Fsp3) is 0.214. The molecule has 100 valence electrons. The molecule has 0 unspecified atom stereocenters. The summed E-state index contributed by atoms with van der Waals surface area (Å²) in [4.78, 5) is 12.6.